The van der Waals surface area contributed by atoms with Crippen molar-refractivity contribution >= 4 is 23.9 Å². The van der Waals surface area contributed by atoms with E-state index in [2.05, 4.69) is 48.3 Å². The van der Waals surface area contributed by atoms with Crippen LogP contribution in [0.4, 0.5) is 0 Å². The number of benzene rings is 2. The van der Waals surface area contributed by atoms with E-state index in [1.807, 2.05) is 30.3 Å². The van der Waals surface area contributed by atoms with Gasteiger partial charge in [-0.2, -0.15) is 0 Å². The third kappa shape index (κ3) is 17.3. The molecule has 0 radical (unpaired) electrons. The molecule has 2 aromatic carbocycles. The molecule has 0 aliphatic carbocycles. The van der Waals surface area contributed by atoms with Crippen LogP contribution in [0.5, 0.6) is 11.5 Å². The molecule has 0 aromatic heterocycles. The standard InChI is InChI=1S/C23H32N2O.2C4H4O4/c1-19(2)14-17-25(21-12-15-24-16-13-21)18-20-8-6-7-11-23(20)26-22-9-4-3-5-10-22;2*5-3(6)1-2-4(7)8/h3-11,19,21,24H,12-18H2,1-2H3;2*1-2H,(H,5,6)(H,7,8). The number of hydrogen-bond donors (Lipinski definition) is 5. The molecule has 11 nitrogen and oxygen atoms in total. The number of rotatable bonds is 12. The Bertz CT molecular complexity index is 1110. The highest BCUT2D eigenvalue weighted by Crippen LogP contribution is 2.28. The van der Waals surface area contributed by atoms with Gasteiger partial charge in [-0.3, -0.25) is 4.90 Å². The number of nitrogens with one attached hydrogen (secondary N) is 1. The number of carbonyl (C=O) groups is 4. The predicted octanol–water partition coefficient (Wildman–Crippen LogP) is 4.50. The predicted molar refractivity (Wildman–Crippen MR) is 158 cm³/mol. The molecule has 0 saturated carbocycles. The number of hydrogen-bond acceptors (Lipinski definition) is 7. The second-order valence-corrected chi connectivity index (χ2v) is 9.68. The number of aliphatic carboxylic acids is 4. The first kappa shape index (κ1) is 35.5. The van der Waals surface area contributed by atoms with Crippen molar-refractivity contribution in [2.75, 3.05) is 19.6 Å². The van der Waals surface area contributed by atoms with Crippen molar-refractivity contribution in [2.24, 2.45) is 5.92 Å². The second kappa shape index (κ2) is 20.4. The minimum absolute atomic E-state index is 0.558. The Kier molecular flexibility index (Phi) is 17.3. The number of carboxylic acids is 4. The Balaban J connectivity index is 0.000000454. The van der Waals surface area contributed by atoms with E-state index in [0.29, 0.717) is 30.3 Å². The zero-order valence-corrected chi connectivity index (χ0v) is 23.9. The monoisotopic (exact) mass is 584 g/mol. The van der Waals surface area contributed by atoms with Crippen LogP contribution >= 0.6 is 0 Å². The lowest BCUT2D eigenvalue weighted by Crippen LogP contribution is -2.43. The number of carboxylic acid groups (broad SMARTS) is 4. The molecule has 1 fully saturated rings. The van der Waals surface area contributed by atoms with Crippen LogP contribution in [0.15, 0.2) is 78.9 Å². The van der Waals surface area contributed by atoms with Crippen LogP contribution in [0.25, 0.3) is 0 Å². The Morgan fingerprint density at radius 1 is 0.810 bits per heavy atom. The number of piperidine rings is 1. The summed E-state index contributed by atoms with van der Waals surface area (Å²) in [7, 11) is 0. The Hall–Kier alpha value is -4.48. The Morgan fingerprint density at radius 2 is 1.29 bits per heavy atom. The maximum atomic E-state index is 9.55. The molecule has 5 N–H and O–H groups in total. The molecule has 228 valence electrons. The maximum Gasteiger partial charge on any atom is 0.328 e. The van der Waals surface area contributed by atoms with E-state index in [0.717, 1.165) is 43.6 Å². The summed E-state index contributed by atoms with van der Waals surface area (Å²) < 4.78 is 6.18. The van der Waals surface area contributed by atoms with Crippen LogP contribution in [0, 0.1) is 5.92 Å². The van der Waals surface area contributed by atoms with E-state index in [-0.39, 0.29) is 0 Å². The zero-order chi connectivity index (χ0) is 31.3. The summed E-state index contributed by atoms with van der Waals surface area (Å²) in [6.07, 6.45) is 5.95. The van der Waals surface area contributed by atoms with Crippen molar-refractivity contribution in [1.29, 1.82) is 0 Å². The molecule has 42 heavy (non-hydrogen) atoms. The molecule has 2 aromatic rings. The Morgan fingerprint density at radius 3 is 1.76 bits per heavy atom. The second-order valence-electron chi connectivity index (χ2n) is 9.68. The molecule has 0 amide bonds. The minimum Gasteiger partial charge on any atom is -0.478 e. The van der Waals surface area contributed by atoms with Crippen molar-refractivity contribution < 1.29 is 44.3 Å². The maximum absolute atomic E-state index is 9.55. The first-order chi connectivity index (χ1) is 20.0. The van der Waals surface area contributed by atoms with Gasteiger partial charge < -0.3 is 30.5 Å². The van der Waals surface area contributed by atoms with Gasteiger partial charge >= 0.3 is 23.9 Å². The summed E-state index contributed by atoms with van der Waals surface area (Å²) in [6, 6.07) is 19.2. The topological polar surface area (TPSA) is 174 Å². The highest BCUT2D eigenvalue weighted by Gasteiger charge is 2.22. The van der Waals surface area contributed by atoms with Gasteiger partial charge in [0.25, 0.3) is 0 Å². The lowest BCUT2D eigenvalue weighted by Gasteiger charge is -2.35. The van der Waals surface area contributed by atoms with E-state index in [1.165, 1.54) is 24.8 Å². The third-order valence-corrected chi connectivity index (χ3v) is 5.87. The number of ether oxygens (including phenoxy) is 1. The molecular weight excluding hydrogens is 544 g/mol. The molecule has 0 bridgehead atoms. The highest BCUT2D eigenvalue weighted by atomic mass is 16.5. The molecule has 1 heterocycles. The van der Waals surface area contributed by atoms with Gasteiger partial charge in [0.2, 0.25) is 0 Å². The summed E-state index contributed by atoms with van der Waals surface area (Å²) >= 11 is 0. The molecule has 1 aliphatic heterocycles. The fraction of sp³-hybridized carbons (Fsp3) is 0.355. The summed E-state index contributed by atoms with van der Waals surface area (Å²) in [6.45, 7) is 9.00. The fourth-order valence-electron chi connectivity index (χ4n) is 3.84. The Labute approximate surface area is 245 Å². The van der Waals surface area contributed by atoms with E-state index < -0.39 is 23.9 Å². The van der Waals surface area contributed by atoms with Gasteiger partial charge in [0.1, 0.15) is 11.5 Å². The van der Waals surface area contributed by atoms with Crippen LogP contribution in [-0.2, 0) is 25.7 Å². The van der Waals surface area contributed by atoms with Gasteiger partial charge in [-0.1, -0.05) is 50.2 Å². The van der Waals surface area contributed by atoms with Gasteiger partial charge in [-0.15, -0.1) is 0 Å². The molecule has 11 heteroatoms. The van der Waals surface area contributed by atoms with E-state index in [9.17, 15) is 19.2 Å². The lowest BCUT2D eigenvalue weighted by atomic mass is 10.0. The molecule has 3 rings (SSSR count). The van der Waals surface area contributed by atoms with Gasteiger partial charge in [0.05, 0.1) is 0 Å². The van der Waals surface area contributed by atoms with Crippen molar-refractivity contribution in [3.05, 3.63) is 84.5 Å². The minimum atomic E-state index is -1.26. The summed E-state index contributed by atoms with van der Waals surface area (Å²) in [5.41, 5.74) is 1.28. The molecule has 0 spiro atoms. The smallest absolute Gasteiger partial charge is 0.328 e. The molecule has 1 aliphatic rings. The van der Waals surface area contributed by atoms with Gasteiger partial charge in [0.15, 0.2) is 0 Å². The number of para-hydroxylation sites is 2. The number of nitrogens with zero attached hydrogens (tertiary/aromatic N) is 1. The van der Waals surface area contributed by atoms with Gasteiger partial charge in [0, 0.05) is 42.5 Å². The SMILES string of the molecule is CC(C)CCN(Cc1ccccc1Oc1ccccc1)C1CCNCC1.O=C(O)C=CC(=O)O.O=C(O)C=CC(=O)O. The highest BCUT2D eigenvalue weighted by molar-refractivity contribution is 5.90. The summed E-state index contributed by atoms with van der Waals surface area (Å²) in [5.74, 6) is -2.42. The van der Waals surface area contributed by atoms with Crippen molar-refractivity contribution in [3.8, 4) is 11.5 Å². The van der Waals surface area contributed by atoms with Crippen molar-refractivity contribution in [2.45, 2.75) is 45.7 Å². The van der Waals surface area contributed by atoms with Gasteiger partial charge in [-0.05, 0) is 63.0 Å². The van der Waals surface area contributed by atoms with E-state index in [1.54, 1.807) is 0 Å². The molecular formula is C31H40N2O9. The van der Waals surface area contributed by atoms with Crippen LogP contribution in [-0.4, -0.2) is 74.9 Å². The van der Waals surface area contributed by atoms with E-state index in [4.69, 9.17) is 25.2 Å². The van der Waals surface area contributed by atoms with Crippen molar-refractivity contribution in [3.63, 3.8) is 0 Å². The average Bonchev–Trinajstić information content (AvgIpc) is 2.95. The largest absolute Gasteiger partial charge is 0.478 e. The van der Waals surface area contributed by atoms with Crippen LogP contribution in [0.2, 0.25) is 0 Å². The fourth-order valence-corrected chi connectivity index (χ4v) is 3.84. The first-order valence-electron chi connectivity index (χ1n) is 13.5. The zero-order valence-electron chi connectivity index (χ0n) is 23.9. The van der Waals surface area contributed by atoms with Crippen LogP contribution in [0.1, 0.15) is 38.7 Å². The summed E-state index contributed by atoms with van der Waals surface area (Å²) in [4.78, 5) is 40.9. The average molecular weight is 585 g/mol. The van der Waals surface area contributed by atoms with E-state index >= 15 is 0 Å². The molecule has 0 unspecified atom stereocenters. The molecule has 0 atom stereocenters. The third-order valence-electron chi connectivity index (χ3n) is 5.87. The quantitative estimate of drug-likeness (QED) is 0.222. The van der Waals surface area contributed by atoms with Gasteiger partial charge in [-0.25, -0.2) is 19.2 Å². The van der Waals surface area contributed by atoms with Crippen LogP contribution < -0.4 is 10.1 Å². The molecule has 1 saturated heterocycles. The van der Waals surface area contributed by atoms with Crippen molar-refractivity contribution in [1.82, 2.24) is 10.2 Å². The van der Waals surface area contributed by atoms with Crippen LogP contribution in [0.3, 0.4) is 0 Å². The first-order valence-corrected chi connectivity index (χ1v) is 13.5. The normalized spacial score (nSPS) is 13.2. The lowest BCUT2D eigenvalue weighted by molar-refractivity contribution is -0.134. The summed E-state index contributed by atoms with van der Waals surface area (Å²) in [5, 5.41) is 34.7.